The van der Waals surface area contributed by atoms with Gasteiger partial charge in [0.25, 0.3) is 5.56 Å². The van der Waals surface area contributed by atoms with Crippen molar-refractivity contribution in [3.05, 3.63) is 52.3 Å². The molecule has 18 heavy (non-hydrogen) atoms. The molecule has 6 nitrogen and oxygen atoms in total. The maximum atomic E-state index is 11.7. The van der Waals surface area contributed by atoms with Gasteiger partial charge in [-0.1, -0.05) is 18.2 Å². The third-order valence-electron chi connectivity index (χ3n) is 2.69. The topological polar surface area (TPSA) is 94.7 Å². The Balaban J connectivity index is 2.05. The fourth-order valence-electron chi connectivity index (χ4n) is 1.81. The first-order valence-corrected chi connectivity index (χ1v) is 5.43. The average molecular weight is 242 g/mol. The van der Waals surface area contributed by atoms with Crippen molar-refractivity contribution in [3.8, 4) is 5.75 Å². The van der Waals surface area contributed by atoms with Gasteiger partial charge in [-0.25, -0.2) is 9.97 Å². The summed E-state index contributed by atoms with van der Waals surface area (Å²) in [5, 5.41) is 9.67. The van der Waals surface area contributed by atoms with Gasteiger partial charge in [0.1, 0.15) is 11.6 Å². The lowest BCUT2D eigenvalue weighted by Crippen LogP contribution is -2.12. The highest BCUT2D eigenvalue weighted by Crippen LogP contribution is 2.17. The minimum Gasteiger partial charge on any atom is -0.508 e. The molecule has 2 aromatic heterocycles. The number of rotatable bonds is 2. The van der Waals surface area contributed by atoms with E-state index in [0.717, 1.165) is 0 Å². The van der Waals surface area contributed by atoms with Gasteiger partial charge in [-0.3, -0.25) is 4.79 Å². The average Bonchev–Trinajstić information content (AvgIpc) is 2.81. The van der Waals surface area contributed by atoms with Crippen LogP contribution in [0.15, 0.2) is 35.4 Å². The molecular formula is C12H10N4O2. The summed E-state index contributed by atoms with van der Waals surface area (Å²) in [5.74, 6) is 0.656. The maximum Gasteiger partial charge on any atom is 0.276 e. The van der Waals surface area contributed by atoms with Gasteiger partial charge in [-0.15, -0.1) is 0 Å². The van der Waals surface area contributed by atoms with Crippen molar-refractivity contribution in [1.82, 2.24) is 19.9 Å². The van der Waals surface area contributed by atoms with E-state index in [9.17, 15) is 9.90 Å². The number of fused-ring (bicyclic) bond motifs is 1. The third-order valence-corrected chi connectivity index (χ3v) is 2.69. The van der Waals surface area contributed by atoms with Crippen molar-refractivity contribution in [2.24, 2.45) is 0 Å². The van der Waals surface area contributed by atoms with Crippen LogP contribution in [0.2, 0.25) is 0 Å². The lowest BCUT2D eigenvalue weighted by molar-refractivity contribution is 0.469. The molecule has 0 aliphatic rings. The van der Waals surface area contributed by atoms with Crippen LogP contribution in [0, 0.1) is 0 Å². The van der Waals surface area contributed by atoms with Crippen LogP contribution in [0.25, 0.3) is 11.2 Å². The highest BCUT2D eigenvalue weighted by Gasteiger charge is 2.08. The molecule has 0 aliphatic carbocycles. The van der Waals surface area contributed by atoms with Crippen LogP contribution in [0.4, 0.5) is 0 Å². The zero-order valence-electron chi connectivity index (χ0n) is 9.34. The van der Waals surface area contributed by atoms with Gasteiger partial charge in [-0.05, 0) is 6.07 Å². The summed E-state index contributed by atoms with van der Waals surface area (Å²) in [6, 6.07) is 6.94. The molecule has 90 valence electrons. The highest BCUT2D eigenvalue weighted by atomic mass is 16.3. The number of phenolic OH excluding ortho intramolecular Hbond substituents is 1. The molecular weight excluding hydrogens is 232 g/mol. The first kappa shape index (κ1) is 10.5. The monoisotopic (exact) mass is 242 g/mol. The van der Waals surface area contributed by atoms with Crippen molar-refractivity contribution in [1.29, 1.82) is 0 Å². The van der Waals surface area contributed by atoms with E-state index in [1.165, 1.54) is 6.33 Å². The Kier molecular flexibility index (Phi) is 2.33. The Morgan fingerprint density at radius 1 is 1.28 bits per heavy atom. The Bertz CT molecular complexity index is 760. The molecule has 0 aliphatic heterocycles. The molecule has 3 rings (SSSR count). The second-order valence-electron chi connectivity index (χ2n) is 3.92. The molecule has 1 aromatic carbocycles. The van der Waals surface area contributed by atoms with Gasteiger partial charge in [0.15, 0.2) is 11.2 Å². The molecule has 0 saturated heterocycles. The molecule has 0 saturated carbocycles. The number of aromatic amines is 2. The molecule has 0 radical (unpaired) electrons. The quantitative estimate of drug-likeness (QED) is 0.623. The number of nitrogens with one attached hydrogen (secondary N) is 2. The van der Waals surface area contributed by atoms with E-state index in [2.05, 4.69) is 19.9 Å². The third kappa shape index (κ3) is 1.73. The molecule has 3 aromatic rings. The molecule has 0 fully saturated rings. The smallest absolute Gasteiger partial charge is 0.276 e. The minimum atomic E-state index is -0.261. The van der Waals surface area contributed by atoms with Crippen LogP contribution in [-0.4, -0.2) is 25.0 Å². The van der Waals surface area contributed by atoms with E-state index in [-0.39, 0.29) is 11.3 Å². The summed E-state index contributed by atoms with van der Waals surface area (Å²) >= 11 is 0. The number of imidazole rings is 1. The normalized spacial score (nSPS) is 10.9. The Labute approximate surface area is 101 Å². The van der Waals surface area contributed by atoms with Gasteiger partial charge in [-0.2, -0.15) is 0 Å². The van der Waals surface area contributed by atoms with Crippen LogP contribution in [-0.2, 0) is 6.42 Å². The van der Waals surface area contributed by atoms with Crippen LogP contribution in [0.1, 0.15) is 11.4 Å². The summed E-state index contributed by atoms with van der Waals surface area (Å²) < 4.78 is 0. The van der Waals surface area contributed by atoms with Gasteiger partial charge in [0, 0.05) is 12.0 Å². The van der Waals surface area contributed by atoms with Crippen molar-refractivity contribution in [2.45, 2.75) is 6.42 Å². The van der Waals surface area contributed by atoms with E-state index in [1.807, 2.05) is 6.07 Å². The molecule has 0 amide bonds. The van der Waals surface area contributed by atoms with E-state index >= 15 is 0 Å². The lowest BCUT2D eigenvalue weighted by Gasteiger charge is -2.03. The van der Waals surface area contributed by atoms with E-state index < -0.39 is 0 Å². The summed E-state index contributed by atoms with van der Waals surface area (Å²) in [7, 11) is 0. The Hall–Kier alpha value is -2.63. The fraction of sp³-hybridized carbons (Fsp3) is 0.0833. The standard InChI is InChI=1S/C12H10N4O2/c17-8-4-2-1-3-7(8)5-9-15-11-10(12(18)16-9)13-6-14-11/h1-4,6,17H,5H2,(H2,13,14,15,16,18). The van der Waals surface area contributed by atoms with Gasteiger partial charge < -0.3 is 15.1 Å². The summed E-state index contributed by atoms with van der Waals surface area (Å²) in [5.41, 5.74) is 1.18. The highest BCUT2D eigenvalue weighted by molar-refractivity contribution is 5.68. The van der Waals surface area contributed by atoms with Crippen molar-refractivity contribution in [3.63, 3.8) is 0 Å². The zero-order chi connectivity index (χ0) is 12.5. The van der Waals surface area contributed by atoms with Crippen LogP contribution in [0.3, 0.4) is 0 Å². The predicted molar refractivity (Wildman–Crippen MR) is 65.4 cm³/mol. The summed E-state index contributed by atoms with van der Waals surface area (Å²) in [4.78, 5) is 25.3. The number of phenols is 1. The maximum absolute atomic E-state index is 11.7. The Morgan fingerprint density at radius 2 is 2.11 bits per heavy atom. The molecule has 6 heteroatoms. The summed E-state index contributed by atoms with van der Waals surface area (Å²) in [6.07, 6.45) is 1.78. The first-order valence-electron chi connectivity index (χ1n) is 5.43. The van der Waals surface area contributed by atoms with E-state index in [1.54, 1.807) is 18.2 Å². The zero-order valence-corrected chi connectivity index (χ0v) is 9.34. The van der Waals surface area contributed by atoms with Crippen molar-refractivity contribution in [2.75, 3.05) is 0 Å². The first-order chi connectivity index (χ1) is 8.74. The largest absolute Gasteiger partial charge is 0.508 e. The van der Waals surface area contributed by atoms with Crippen LogP contribution < -0.4 is 5.56 Å². The molecule has 0 bridgehead atoms. The SMILES string of the molecule is O=c1[nH]c(Cc2ccccc2O)nc2nc[nH]c12. The number of para-hydroxylation sites is 1. The van der Waals surface area contributed by atoms with Crippen molar-refractivity contribution >= 4 is 11.2 Å². The van der Waals surface area contributed by atoms with Crippen LogP contribution >= 0.6 is 0 Å². The van der Waals surface area contributed by atoms with Crippen LogP contribution in [0.5, 0.6) is 5.75 Å². The molecule has 3 N–H and O–H groups in total. The molecule has 0 atom stereocenters. The number of aromatic hydroxyl groups is 1. The molecule has 2 heterocycles. The fourth-order valence-corrected chi connectivity index (χ4v) is 1.81. The predicted octanol–water partition coefficient (Wildman–Crippen LogP) is 0.943. The van der Waals surface area contributed by atoms with Gasteiger partial charge in [0.05, 0.1) is 6.33 Å². The second-order valence-corrected chi connectivity index (χ2v) is 3.92. The van der Waals surface area contributed by atoms with E-state index in [0.29, 0.717) is 29.0 Å². The molecule has 0 spiro atoms. The van der Waals surface area contributed by atoms with Gasteiger partial charge >= 0.3 is 0 Å². The number of H-pyrrole nitrogens is 2. The number of nitrogens with zero attached hydrogens (tertiary/aromatic N) is 2. The van der Waals surface area contributed by atoms with Gasteiger partial charge in [0.2, 0.25) is 0 Å². The number of aromatic nitrogens is 4. The second kappa shape index (κ2) is 3.99. The number of hydrogen-bond acceptors (Lipinski definition) is 4. The van der Waals surface area contributed by atoms with Crippen molar-refractivity contribution < 1.29 is 5.11 Å². The lowest BCUT2D eigenvalue weighted by atomic mass is 10.1. The minimum absolute atomic E-state index is 0.183. The number of benzene rings is 1. The summed E-state index contributed by atoms with van der Waals surface area (Å²) in [6.45, 7) is 0. The molecule has 0 unspecified atom stereocenters. The Morgan fingerprint density at radius 3 is 2.94 bits per heavy atom. The van der Waals surface area contributed by atoms with E-state index in [4.69, 9.17) is 0 Å². The number of hydrogen-bond donors (Lipinski definition) is 3.